The van der Waals surface area contributed by atoms with Crippen LogP contribution in [0.4, 0.5) is 16.2 Å². The molecule has 6 heteroatoms. The summed E-state index contributed by atoms with van der Waals surface area (Å²) in [6.45, 7) is 13.7. The fraction of sp³-hybridized carbons (Fsp3) is 0.650. The molecule has 1 aromatic carbocycles. The maximum Gasteiger partial charge on any atom is 0.410 e. The van der Waals surface area contributed by atoms with E-state index in [1.54, 1.807) is 4.90 Å². The molecule has 26 heavy (non-hydrogen) atoms. The lowest BCUT2D eigenvalue weighted by Gasteiger charge is -2.39. The average Bonchev–Trinajstić information content (AvgIpc) is 2.59. The predicted octanol–water partition coefficient (Wildman–Crippen LogP) is 3.57. The summed E-state index contributed by atoms with van der Waals surface area (Å²) in [5, 5.41) is 3.49. The van der Waals surface area contributed by atoms with Crippen molar-refractivity contribution in [3.63, 3.8) is 0 Å². The summed E-state index contributed by atoms with van der Waals surface area (Å²) in [7, 11) is 0. The third-order valence-corrected chi connectivity index (χ3v) is 4.77. The number of para-hydroxylation sites is 1. The van der Waals surface area contributed by atoms with Gasteiger partial charge in [-0.2, -0.15) is 0 Å². The van der Waals surface area contributed by atoms with Crippen LogP contribution in [0.2, 0.25) is 0 Å². The summed E-state index contributed by atoms with van der Waals surface area (Å²) in [6, 6.07) is 6.22. The zero-order valence-electron chi connectivity index (χ0n) is 16.5. The van der Waals surface area contributed by atoms with Gasteiger partial charge in [-0.05, 0) is 38.8 Å². The van der Waals surface area contributed by atoms with Crippen LogP contribution in [0.15, 0.2) is 18.2 Å². The highest BCUT2D eigenvalue weighted by Crippen LogP contribution is 2.40. The molecule has 1 unspecified atom stereocenters. The summed E-state index contributed by atoms with van der Waals surface area (Å²) >= 11 is 0. The number of ether oxygens (including phenoxy) is 2. The second kappa shape index (κ2) is 7.25. The van der Waals surface area contributed by atoms with Gasteiger partial charge in [-0.15, -0.1) is 0 Å². The van der Waals surface area contributed by atoms with Gasteiger partial charge in [-0.1, -0.05) is 19.9 Å². The number of amides is 1. The SMILES string of the molecule is CC(C)C1CNc2cccc(N3CCN(C(=O)OC(C)(C)C)CC3)c2O1. The molecular formula is C20H31N3O3. The summed E-state index contributed by atoms with van der Waals surface area (Å²) < 4.78 is 11.8. The van der Waals surface area contributed by atoms with E-state index >= 15 is 0 Å². The van der Waals surface area contributed by atoms with Crippen LogP contribution in [0.5, 0.6) is 5.75 Å². The van der Waals surface area contributed by atoms with Gasteiger partial charge in [0.2, 0.25) is 0 Å². The molecule has 0 saturated carbocycles. The highest BCUT2D eigenvalue weighted by Gasteiger charge is 2.29. The Morgan fingerprint density at radius 1 is 1.23 bits per heavy atom. The van der Waals surface area contributed by atoms with E-state index in [0.717, 1.165) is 36.8 Å². The molecule has 0 spiro atoms. The minimum atomic E-state index is -0.460. The number of piperazine rings is 1. The van der Waals surface area contributed by atoms with Crippen molar-refractivity contribution in [2.45, 2.75) is 46.3 Å². The second-order valence-corrected chi connectivity index (χ2v) is 8.39. The molecule has 0 radical (unpaired) electrons. The molecular weight excluding hydrogens is 330 g/mol. The predicted molar refractivity (Wildman–Crippen MR) is 104 cm³/mol. The number of hydrogen-bond donors (Lipinski definition) is 1. The van der Waals surface area contributed by atoms with Crippen molar-refractivity contribution >= 4 is 17.5 Å². The fourth-order valence-electron chi connectivity index (χ4n) is 3.27. The Kier molecular flexibility index (Phi) is 5.21. The van der Waals surface area contributed by atoms with E-state index in [0.29, 0.717) is 19.0 Å². The molecule has 6 nitrogen and oxygen atoms in total. The van der Waals surface area contributed by atoms with Gasteiger partial charge < -0.3 is 24.6 Å². The molecule has 1 fully saturated rings. The van der Waals surface area contributed by atoms with Crippen LogP contribution in [-0.2, 0) is 4.74 Å². The number of carbonyl (C=O) groups is 1. The van der Waals surface area contributed by atoms with Crippen LogP contribution in [0, 0.1) is 5.92 Å². The number of rotatable bonds is 2. The van der Waals surface area contributed by atoms with Crippen LogP contribution in [0.25, 0.3) is 0 Å². The fourth-order valence-corrected chi connectivity index (χ4v) is 3.27. The molecule has 144 valence electrons. The maximum absolute atomic E-state index is 12.3. The zero-order chi connectivity index (χ0) is 18.9. The molecule has 1 aromatic rings. The first-order valence-electron chi connectivity index (χ1n) is 9.51. The van der Waals surface area contributed by atoms with Crippen molar-refractivity contribution in [1.29, 1.82) is 0 Å². The van der Waals surface area contributed by atoms with Crippen LogP contribution in [0.1, 0.15) is 34.6 Å². The van der Waals surface area contributed by atoms with Gasteiger partial charge in [-0.3, -0.25) is 0 Å². The van der Waals surface area contributed by atoms with Crippen LogP contribution >= 0.6 is 0 Å². The monoisotopic (exact) mass is 361 g/mol. The van der Waals surface area contributed by atoms with Crippen molar-refractivity contribution in [3.8, 4) is 5.75 Å². The molecule has 1 amide bonds. The number of carbonyl (C=O) groups excluding carboxylic acids is 1. The Morgan fingerprint density at radius 3 is 2.54 bits per heavy atom. The zero-order valence-corrected chi connectivity index (χ0v) is 16.5. The van der Waals surface area contributed by atoms with Crippen LogP contribution in [-0.4, -0.2) is 55.4 Å². The number of nitrogens with zero attached hydrogens (tertiary/aromatic N) is 2. The minimum absolute atomic E-state index is 0.173. The number of anilines is 2. The standard InChI is InChI=1S/C20H31N3O3/c1-14(2)17-13-21-15-7-6-8-16(18(15)25-17)22-9-11-23(12-10-22)19(24)26-20(3,4)5/h6-8,14,17,21H,9-13H2,1-5H3. The topological polar surface area (TPSA) is 54.0 Å². The molecule has 2 aliphatic rings. The van der Waals surface area contributed by atoms with E-state index in [2.05, 4.69) is 42.3 Å². The third kappa shape index (κ3) is 4.17. The molecule has 1 N–H and O–H groups in total. The van der Waals surface area contributed by atoms with Crippen molar-refractivity contribution in [2.24, 2.45) is 5.92 Å². The number of fused-ring (bicyclic) bond motifs is 1. The average molecular weight is 361 g/mol. The van der Waals surface area contributed by atoms with E-state index in [-0.39, 0.29) is 12.2 Å². The lowest BCUT2D eigenvalue weighted by molar-refractivity contribution is 0.0240. The van der Waals surface area contributed by atoms with Gasteiger partial charge in [0.15, 0.2) is 5.75 Å². The Balaban J connectivity index is 1.68. The van der Waals surface area contributed by atoms with E-state index in [1.807, 2.05) is 20.8 Å². The quantitative estimate of drug-likeness (QED) is 0.873. The molecule has 1 atom stereocenters. The summed E-state index contributed by atoms with van der Waals surface area (Å²) in [5.74, 6) is 1.39. The van der Waals surface area contributed by atoms with Gasteiger partial charge in [0.25, 0.3) is 0 Å². The van der Waals surface area contributed by atoms with Crippen LogP contribution in [0.3, 0.4) is 0 Å². The summed E-state index contributed by atoms with van der Waals surface area (Å²) in [5.41, 5.74) is 1.69. The second-order valence-electron chi connectivity index (χ2n) is 8.39. The van der Waals surface area contributed by atoms with Crippen molar-refractivity contribution in [1.82, 2.24) is 4.90 Å². The Hall–Kier alpha value is -2.11. The van der Waals surface area contributed by atoms with Crippen molar-refractivity contribution in [2.75, 3.05) is 42.9 Å². The highest BCUT2D eigenvalue weighted by molar-refractivity contribution is 5.74. The lowest BCUT2D eigenvalue weighted by atomic mass is 10.0. The summed E-state index contributed by atoms with van der Waals surface area (Å²) in [4.78, 5) is 16.3. The maximum atomic E-state index is 12.3. The van der Waals surface area contributed by atoms with E-state index in [1.165, 1.54) is 0 Å². The van der Waals surface area contributed by atoms with Gasteiger partial charge in [0, 0.05) is 26.2 Å². The smallest absolute Gasteiger partial charge is 0.410 e. The van der Waals surface area contributed by atoms with E-state index < -0.39 is 5.60 Å². The van der Waals surface area contributed by atoms with Crippen molar-refractivity contribution in [3.05, 3.63) is 18.2 Å². The lowest BCUT2D eigenvalue weighted by Crippen LogP contribution is -2.50. The van der Waals surface area contributed by atoms with Gasteiger partial charge >= 0.3 is 6.09 Å². The molecule has 2 heterocycles. The van der Waals surface area contributed by atoms with Gasteiger partial charge in [0.05, 0.1) is 17.9 Å². The Morgan fingerprint density at radius 2 is 1.92 bits per heavy atom. The molecule has 1 saturated heterocycles. The van der Waals surface area contributed by atoms with Gasteiger partial charge in [0.1, 0.15) is 11.7 Å². The normalized spacial score (nSPS) is 20.3. The van der Waals surface area contributed by atoms with E-state index in [9.17, 15) is 4.79 Å². The molecule has 2 aliphatic heterocycles. The molecule has 0 aliphatic carbocycles. The number of hydrogen-bond acceptors (Lipinski definition) is 5. The van der Waals surface area contributed by atoms with Crippen LogP contribution < -0.4 is 15.0 Å². The molecule has 3 rings (SSSR count). The number of benzene rings is 1. The first-order chi connectivity index (χ1) is 12.2. The molecule has 0 bridgehead atoms. The first-order valence-corrected chi connectivity index (χ1v) is 9.51. The highest BCUT2D eigenvalue weighted by atomic mass is 16.6. The van der Waals surface area contributed by atoms with E-state index in [4.69, 9.17) is 9.47 Å². The largest absolute Gasteiger partial charge is 0.484 e. The number of nitrogens with one attached hydrogen (secondary N) is 1. The Bertz CT molecular complexity index is 646. The van der Waals surface area contributed by atoms with Crippen molar-refractivity contribution < 1.29 is 14.3 Å². The van der Waals surface area contributed by atoms with Gasteiger partial charge in [-0.25, -0.2) is 4.79 Å². The third-order valence-electron chi connectivity index (χ3n) is 4.77. The minimum Gasteiger partial charge on any atom is -0.484 e. The first kappa shape index (κ1) is 18.7. The molecule has 0 aromatic heterocycles. The summed E-state index contributed by atoms with van der Waals surface area (Å²) in [6.07, 6.45) is -0.0586. The Labute approximate surface area is 156 Å².